The molecule has 0 spiro atoms. The highest BCUT2D eigenvalue weighted by Gasteiger charge is 2.37. The Morgan fingerprint density at radius 2 is 2.14 bits per heavy atom. The molecule has 7 heteroatoms. The minimum atomic E-state index is -0.213. The minimum absolute atomic E-state index is 0.213. The maximum absolute atomic E-state index is 12.9. The molecular weight excluding hydrogens is 303 g/mol. The fourth-order valence-electron chi connectivity index (χ4n) is 3.04. The van der Waals surface area contributed by atoms with Crippen LogP contribution in [0.25, 0.3) is 0 Å². The van der Waals surface area contributed by atoms with Crippen LogP contribution < -0.4 is 10.2 Å². The molecule has 2 atom stereocenters. The highest BCUT2D eigenvalue weighted by Crippen LogP contribution is 2.28. The first kappa shape index (κ1) is 14.0. The molecule has 22 heavy (non-hydrogen) atoms. The Kier molecular flexibility index (Phi) is 3.77. The predicted molar refractivity (Wildman–Crippen MR) is 82.9 cm³/mol. The van der Waals surface area contributed by atoms with E-state index < -0.39 is 0 Å². The van der Waals surface area contributed by atoms with Gasteiger partial charge in [0.1, 0.15) is 10.8 Å². The average Bonchev–Trinajstić information content (AvgIpc) is 3.18. The number of aromatic nitrogens is 2. The molecule has 116 valence electrons. The topological polar surface area (TPSA) is 50.3 Å². The molecule has 1 N–H and O–H groups in total. The summed E-state index contributed by atoms with van der Waals surface area (Å²) >= 11 is 1.61. The number of hydrogen-bond donors (Lipinski definition) is 1. The van der Waals surface area contributed by atoms with Crippen molar-refractivity contribution in [2.45, 2.75) is 18.6 Å². The van der Waals surface area contributed by atoms with E-state index in [-0.39, 0.29) is 11.9 Å². The van der Waals surface area contributed by atoms with Crippen molar-refractivity contribution in [3.05, 3.63) is 40.7 Å². The molecule has 0 bridgehead atoms. The zero-order chi connectivity index (χ0) is 14.9. The van der Waals surface area contributed by atoms with Crippen LogP contribution in [0.5, 0.6) is 0 Å². The Hall–Kier alpha value is -1.57. The molecule has 0 amide bonds. The van der Waals surface area contributed by atoms with Crippen molar-refractivity contribution in [2.24, 2.45) is 0 Å². The van der Waals surface area contributed by atoms with Crippen molar-refractivity contribution in [2.75, 3.05) is 31.1 Å². The number of hydrogen-bond acceptors (Lipinski definition) is 6. The molecular formula is C15H17FN4OS. The second-order valence-corrected chi connectivity index (χ2v) is 6.65. The summed E-state index contributed by atoms with van der Waals surface area (Å²) in [6.45, 7) is 3.42. The van der Waals surface area contributed by atoms with Gasteiger partial charge in [0.25, 0.3) is 0 Å². The molecule has 3 heterocycles. The molecule has 1 aromatic carbocycles. The van der Waals surface area contributed by atoms with Crippen molar-refractivity contribution < 1.29 is 9.13 Å². The van der Waals surface area contributed by atoms with Crippen molar-refractivity contribution in [3.63, 3.8) is 0 Å². The maximum atomic E-state index is 12.9. The van der Waals surface area contributed by atoms with Crippen LogP contribution in [0.4, 0.5) is 9.52 Å². The van der Waals surface area contributed by atoms with Crippen molar-refractivity contribution in [1.82, 2.24) is 15.5 Å². The summed E-state index contributed by atoms with van der Waals surface area (Å²) in [7, 11) is 0. The number of fused-ring (bicyclic) bond motifs is 1. The Balaban J connectivity index is 1.50. The fourth-order valence-corrected chi connectivity index (χ4v) is 3.99. The van der Waals surface area contributed by atoms with E-state index in [0.717, 1.165) is 41.9 Å². The first-order chi connectivity index (χ1) is 10.8. The smallest absolute Gasteiger partial charge is 0.208 e. The molecule has 4 rings (SSSR count). The van der Waals surface area contributed by atoms with Crippen LogP contribution in [-0.2, 0) is 11.2 Å². The first-order valence-corrected chi connectivity index (χ1v) is 8.27. The summed E-state index contributed by atoms with van der Waals surface area (Å²) < 4.78 is 18.7. The van der Waals surface area contributed by atoms with Gasteiger partial charge in [0.2, 0.25) is 5.13 Å². The van der Waals surface area contributed by atoms with Gasteiger partial charge in [-0.1, -0.05) is 23.5 Å². The number of ether oxygens (including phenoxy) is 1. The van der Waals surface area contributed by atoms with Gasteiger partial charge < -0.3 is 15.0 Å². The van der Waals surface area contributed by atoms with Gasteiger partial charge >= 0.3 is 0 Å². The first-order valence-electron chi connectivity index (χ1n) is 7.45. The van der Waals surface area contributed by atoms with Crippen molar-refractivity contribution >= 4 is 16.5 Å². The largest absolute Gasteiger partial charge is 0.373 e. The summed E-state index contributed by atoms with van der Waals surface area (Å²) in [6, 6.07) is 6.90. The van der Waals surface area contributed by atoms with Crippen LogP contribution in [0.2, 0.25) is 0 Å². The van der Waals surface area contributed by atoms with Gasteiger partial charge in [-0.25, -0.2) is 4.39 Å². The van der Waals surface area contributed by atoms with Crippen molar-refractivity contribution in [1.29, 1.82) is 0 Å². The number of halogens is 1. The van der Waals surface area contributed by atoms with E-state index in [2.05, 4.69) is 20.4 Å². The van der Waals surface area contributed by atoms with E-state index in [1.54, 1.807) is 23.5 Å². The van der Waals surface area contributed by atoms with Crippen LogP contribution in [0, 0.1) is 5.82 Å². The molecule has 2 aromatic rings. The number of rotatable bonds is 3. The Bertz CT molecular complexity index is 647. The third kappa shape index (κ3) is 2.71. The summed E-state index contributed by atoms with van der Waals surface area (Å²) in [5.41, 5.74) is 1.05. The van der Waals surface area contributed by atoms with Gasteiger partial charge in [0.15, 0.2) is 0 Å². The maximum Gasteiger partial charge on any atom is 0.208 e. The van der Waals surface area contributed by atoms with Crippen LogP contribution >= 0.6 is 11.3 Å². The third-order valence-corrected chi connectivity index (χ3v) is 5.12. The lowest BCUT2D eigenvalue weighted by atomic mass is 10.1. The predicted octanol–water partition coefficient (Wildman–Crippen LogP) is 1.45. The number of benzene rings is 1. The van der Waals surface area contributed by atoms with Gasteiger partial charge in [-0.05, 0) is 17.7 Å². The number of anilines is 1. The number of morpholine rings is 1. The second-order valence-electron chi connectivity index (χ2n) is 5.61. The molecule has 2 fully saturated rings. The number of nitrogens with one attached hydrogen (secondary N) is 1. The van der Waals surface area contributed by atoms with E-state index in [1.807, 2.05) is 0 Å². The summed E-state index contributed by atoms with van der Waals surface area (Å²) in [5, 5.41) is 13.9. The number of nitrogens with zero attached hydrogens (tertiary/aromatic N) is 3. The lowest BCUT2D eigenvalue weighted by molar-refractivity contribution is 0.0349. The molecule has 5 nitrogen and oxygen atoms in total. The molecule has 2 saturated heterocycles. The van der Waals surface area contributed by atoms with E-state index in [1.165, 1.54) is 12.1 Å². The van der Waals surface area contributed by atoms with Crippen LogP contribution in [0.3, 0.4) is 0 Å². The summed E-state index contributed by atoms with van der Waals surface area (Å²) in [4.78, 5) is 2.31. The Labute approximate surface area is 132 Å². The molecule has 2 aliphatic heterocycles. The summed E-state index contributed by atoms with van der Waals surface area (Å²) in [5.74, 6) is -0.213. The second kappa shape index (κ2) is 5.91. The van der Waals surface area contributed by atoms with Crippen molar-refractivity contribution in [3.8, 4) is 0 Å². The zero-order valence-corrected chi connectivity index (χ0v) is 12.9. The average molecular weight is 320 g/mol. The van der Waals surface area contributed by atoms with Crippen LogP contribution in [0.1, 0.15) is 10.6 Å². The van der Waals surface area contributed by atoms with Gasteiger partial charge in [0.05, 0.1) is 18.8 Å². The van der Waals surface area contributed by atoms with E-state index >= 15 is 0 Å². The normalized spacial score (nSPS) is 24.5. The zero-order valence-electron chi connectivity index (χ0n) is 12.0. The molecule has 2 aliphatic rings. The lowest BCUT2D eigenvalue weighted by Crippen LogP contribution is -2.50. The lowest BCUT2D eigenvalue weighted by Gasteiger charge is -2.36. The summed E-state index contributed by atoms with van der Waals surface area (Å²) in [6.07, 6.45) is 0.937. The van der Waals surface area contributed by atoms with E-state index in [4.69, 9.17) is 4.74 Å². The Morgan fingerprint density at radius 1 is 1.27 bits per heavy atom. The molecule has 0 saturated carbocycles. The molecule has 0 unspecified atom stereocenters. The molecule has 1 aromatic heterocycles. The Morgan fingerprint density at radius 3 is 3.00 bits per heavy atom. The molecule has 0 radical (unpaired) electrons. The quantitative estimate of drug-likeness (QED) is 0.927. The molecule has 0 aliphatic carbocycles. The van der Waals surface area contributed by atoms with Gasteiger partial charge in [-0.15, -0.1) is 10.2 Å². The highest BCUT2D eigenvalue weighted by atomic mass is 32.1. The SMILES string of the molecule is Fc1ccc(Cc2nnc(N3CCO[C@@H]4CNC[C@@H]43)s2)cc1. The van der Waals surface area contributed by atoms with Gasteiger partial charge in [0, 0.05) is 26.1 Å². The monoisotopic (exact) mass is 320 g/mol. The van der Waals surface area contributed by atoms with Crippen LogP contribution in [-0.4, -0.2) is 48.6 Å². The standard InChI is InChI=1S/C15H17FN4OS/c16-11-3-1-10(2-4-11)7-14-18-19-15(22-14)20-5-6-21-13-9-17-8-12(13)20/h1-4,12-13,17H,5-9H2/t12-,13+/m0/s1. The minimum Gasteiger partial charge on any atom is -0.373 e. The fraction of sp³-hybridized carbons (Fsp3) is 0.467. The van der Waals surface area contributed by atoms with Crippen LogP contribution in [0.15, 0.2) is 24.3 Å². The highest BCUT2D eigenvalue weighted by molar-refractivity contribution is 7.15. The van der Waals surface area contributed by atoms with E-state index in [9.17, 15) is 4.39 Å². The third-order valence-electron chi connectivity index (χ3n) is 4.16. The van der Waals surface area contributed by atoms with Gasteiger partial charge in [-0.3, -0.25) is 0 Å². The van der Waals surface area contributed by atoms with E-state index in [0.29, 0.717) is 12.5 Å². The van der Waals surface area contributed by atoms with Gasteiger partial charge in [-0.2, -0.15) is 0 Å².